The molecule has 8 nitrogen and oxygen atoms in total. The van der Waals surface area contributed by atoms with Gasteiger partial charge in [-0.2, -0.15) is 0 Å². The molecule has 1 aliphatic heterocycles. The van der Waals surface area contributed by atoms with Crippen LogP contribution in [-0.2, 0) is 0 Å². The van der Waals surface area contributed by atoms with Crippen molar-refractivity contribution in [3.8, 4) is 22.5 Å². The van der Waals surface area contributed by atoms with Gasteiger partial charge in [0.1, 0.15) is 17.9 Å². The molecule has 0 radical (unpaired) electrons. The summed E-state index contributed by atoms with van der Waals surface area (Å²) in [7, 11) is 0. The Kier molecular flexibility index (Phi) is 7.02. The van der Waals surface area contributed by atoms with Gasteiger partial charge in [0.25, 0.3) is 5.91 Å². The Morgan fingerprint density at radius 2 is 1.80 bits per heavy atom. The molecule has 0 spiro atoms. The molecular weight excluding hydrogens is 440 g/mol. The van der Waals surface area contributed by atoms with Gasteiger partial charge < -0.3 is 20.4 Å². The number of benzene rings is 2. The molecule has 1 amide bonds. The highest BCUT2D eigenvalue weighted by Gasteiger charge is 2.22. The zero-order valence-corrected chi connectivity index (χ0v) is 19.9. The van der Waals surface area contributed by atoms with Crippen molar-refractivity contribution in [3.63, 3.8) is 0 Å². The molecule has 3 heterocycles. The van der Waals surface area contributed by atoms with E-state index >= 15 is 0 Å². The number of hydrogen-bond acceptors (Lipinski definition) is 7. The standard InChI is InChI=1S/C27H30N6O2/c1-2-29-26(34)21-10-8-20(9-11-21)24-22(19-6-4-3-5-7-19)23-25(31-18-32-27(23)35-24)30-14-17-33-15-12-28-13-16-33/h3-11,18,28H,2,12-17H2,1H3,(H,29,34)(H,30,31,32). The van der Waals surface area contributed by atoms with Crippen LogP contribution in [0.5, 0.6) is 0 Å². The van der Waals surface area contributed by atoms with Crippen molar-refractivity contribution < 1.29 is 9.21 Å². The van der Waals surface area contributed by atoms with Gasteiger partial charge in [0.05, 0.1) is 5.39 Å². The number of nitrogens with one attached hydrogen (secondary N) is 3. The topological polar surface area (TPSA) is 95.3 Å². The van der Waals surface area contributed by atoms with Crippen LogP contribution in [0.2, 0.25) is 0 Å². The van der Waals surface area contributed by atoms with Crippen LogP contribution in [0.3, 0.4) is 0 Å². The van der Waals surface area contributed by atoms with E-state index < -0.39 is 0 Å². The normalized spacial score (nSPS) is 14.2. The number of fused-ring (bicyclic) bond motifs is 1. The first kappa shape index (κ1) is 23.0. The van der Waals surface area contributed by atoms with Crippen LogP contribution in [-0.4, -0.2) is 66.6 Å². The molecular formula is C27H30N6O2. The molecule has 5 rings (SSSR count). The van der Waals surface area contributed by atoms with Crippen molar-refractivity contribution in [2.75, 3.05) is 51.1 Å². The third-order valence-corrected chi connectivity index (χ3v) is 6.23. The number of amides is 1. The number of aromatic nitrogens is 2. The van der Waals surface area contributed by atoms with Crippen LogP contribution >= 0.6 is 0 Å². The summed E-state index contributed by atoms with van der Waals surface area (Å²) in [6, 6.07) is 17.6. The first-order valence-electron chi connectivity index (χ1n) is 12.1. The number of carbonyl (C=O) groups excluding carboxylic acids is 1. The maximum absolute atomic E-state index is 12.2. The van der Waals surface area contributed by atoms with Crippen molar-refractivity contribution in [2.45, 2.75) is 6.92 Å². The largest absolute Gasteiger partial charge is 0.437 e. The molecule has 1 aliphatic rings. The number of carbonyl (C=O) groups is 1. The Balaban J connectivity index is 1.52. The van der Waals surface area contributed by atoms with Crippen LogP contribution in [0, 0.1) is 0 Å². The predicted octanol–water partition coefficient (Wildman–Crippen LogP) is 3.62. The Morgan fingerprint density at radius 1 is 1.03 bits per heavy atom. The highest BCUT2D eigenvalue weighted by atomic mass is 16.3. The Bertz CT molecular complexity index is 1280. The molecule has 0 unspecified atom stereocenters. The summed E-state index contributed by atoms with van der Waals surface area (Å²) >= 11 is 0. The minimum absolute atomic E-state index is 0.0891. The fourth-order valence-electron chi connectivity index (χ4n) is 4.45. The van der Waals surface area contributed by atoms with Crippen molar-refractivity contribution in [1.29, 1.82) is 0 Å². The molecule has 2 aromatic carbocycles. The summed E-state index contributed by atoms with van der Waals surface area (Å²) in [6.07, 6.45) is 1.54. The van der Waals surface area contributed by atoms with E-state index in [1.54, 1.807) is 0 Å². The van der Waals surface area contributed by atoms with Gasteiger partial charge in [-0.15, -0.1) is 0 Å². The van der Waals surface area contributed by atoms with E-state index in [4.69, 9.17) is 4.42 Å². The van der Waals surface area contributed by atoms with E-state index in [9.17, 15) is 4.79 Å². The van der Waals surface area contributed by atoms with Crippen LogP contribution in [0.25, 0.3) is 33.6 Å². The second-order valence-electron chi connectivity index (χ2n) is 8.53. The highest BCUT2D eigenvalue weighted by Crippen LogP contribution is 2.42. The SMILES string of the molecule is CCNC(=O)c1ccc(-c2oc3ncnc(NCCN4CCNCC4)c3c2-c2ccccc2)cc1. The first-order valence-corrected chi connectivity index (χ1v) is 12.1. The van der Waals surface area contributed by atoms with Crippen LogP contribution < -0.4 is 16.0 Å². The van der Waals surface area contributed by atoms with E-state index in [2.05, 4.69) is 43.0 Å². The fourth-order valence-corrected chi connectivity index (χ4v) is 4.45. The van der Waals surface area contributed by atoms with Crippen LogP contribution in [0.1, 0.15) is 17.3 Å². The molecule has 2 aromatic heterocycles. The number of hydrogen-bond donors (Lipinski definition) is 3. The summed E-state index contributed by atoms with van der Waals surface area (Å²) in [5, 5.41) is 10.6. The third kappa shape index (κ3) is 5.03. The molecule has 3 N–H and O–H groups in total. The number of piperazine rings is 1. The average molecular weight is 471 g/mol. The van der Waals surface area contributed by atoms with Gasteiger partial charge in [0.15, 0.2) is 0 Å². The van der Waals surface area contributed by atoms with Crippen LogP contribution in [0.4, 0.5) is 5.82 Å². The molecule has 0 atom stereocenters. The van der Waals surface area contributed by atoms with Crippen molar-refractivity contribution in [3.05, 3.63) is 66.5 Å². The summed E-state index contributed by atoms with van der Waals surface area (Å²) in [5.41, 5.74) is 3.99. The van der Waals surface area contributed by atoms with E-state index in [1.165, 1.54) is 6.33 Å². The predicted molar refractivity (Wildman–Crippen MR) is 138 cm³/mol. The molecule has 35 heavy (non-hydrogen) atoms. The molecule has 1 saturated heterocycles. The van der Waals surface area contributed by atoms with E-state index in [-0.39, 0.29) is 5.91 Å². The maximum Gasteiger partial charge on any atom is 0.251 e. The Hall–Kier alpha value is -3.75. The fraction of sp³-hybridized carbons (Fsp3) is 0.296. The molecule has 0 saturated carbocycles. The lowest BCUT2D eigenvalue weighted by atomic mass is 9.98. The Labute approximate surface area is 204 Å². The number of furan rings is 1. The highest BCUT2D eigenvalue weighted by molar-refractivity contribution is 6.06. The van der Waals surface area contributed by atoms with Gasteiger partial charge in [-0.05, 0) is 24.6 Å². The quantitative estimate of drug-likeness (QED) is 0.362. The smallest absolute Gasteiger partial charge is 0.251 e. The number of rotatable bonds is 8. The lowest BCUT2D eigenvalue weighted by Crippen LogP contribution is -2.45. The van der Waals surface area contributed by atoms with E-state index in [1.807, 2.05) is 49.4 Å². The second kappa shape index (κ2) is 10.7. The number of nitrogens with zero attached hydrogens (tertiary/aromatic N) is 3. The van der Waals surface area contributed by atoms with Crippen molar-refractivity contribution in [1.82, 2.24) is 25.5 Å². The zero-order chi connectivity index (χ0) is 24.0. The lowest BCUT2D eigenvalue weighted by Gasteiger charge is -2.27. The summed E-state index contributed by atoms with van der Waals surface area (Å²) in [4.78, 5) is 23.7. The minimum atomic E-state index is -0.0891. The van der Waals surface area contributed by atoms with Crippen molar-refractivity contribution in [2.24, 2.45) is 0 Å². The second-order valence-corrected chi connectivity index (χ2v) is 8.53. The third-order valence-electron chi connectivity index (χ3n) is 6.23. The molecule has 1 fully saturated rings. The molecule has 180 valence electrons. The van der Waals surface area contributed by atoms with Gasteiger partial charge in [0.2, 0.25) is 5.71 Å². The van der Waals surface area contributed by atoms with Gasteiger partial charge in [-0.3, -0.25) is 9.69 Å². The van der Waals surface area contributed by atoms with Crippen LogP contribution in [0.15, 0.2) is 65.3 Å². The molecule has 0 bridgehead atoms. The summed E-state index contributed by atoms with van der Waals surface area (Å²) < 4.78 is 6.31. The van der Waals surface area contributed by atoms with Gasteiger partial charge in [0, 0.05) is 62.5 Å². The summed E-state index contributed by atoms with van der Waals surface area (Å²) in [5.74, 6) is 1.38. The van der Waals surface area contributed by atoms with Gasteiger partial charge >= 0.3 is 0 Å². The Morgan fingerprint density at radius 3 is 2.54 bits per heavy atom. The van der Waals surface area contributed by atoms with E-state index in [0.29, 0.717) is 23.6 Å². The lowest BCUT2D eigenvalue weighted by molar-refractivity contribution is 0.0956. The summed E-state index contributed by atoms with van der Waals surface area (Å²) in [6.45, 7) is 8.38. The molecule has 0 aliphatic carbocycles. The van der Waals surface area contributed by atoms with E-state index in [0.717, 1.165) is 67.2 Å². The maximum atomic E-state index is 12.2. The van der Waals surface area contributed by atoms with Gasteiger partial charge in [-0.1, -0.05) is 42.5 Å². The average Bonchev–Trinajstić information content (AvgIpc) is 3.31. The monoisotopic (exact) mass is 470 g/mol. The van der Waals surface area contributed by atoms with Crippen molar-refractivity contribution >= 4 is 22.8 Å². The molecule has 4 aromatic rings. The number of anilines is 1. The molecule has 8 heteroatoms. The zero-order valence-electron chi connectivity index (χ0n) is 19.9. The minimum Gasteiger partial charge on any atom is -0.437 e. The van der Waals surface area contributed by atoms with Gasteiger partial charge in [-0.25, -0.2) is 9.97 Å². The first-order chi connectivity index (χ1) is 17.2.